The lowest BCUT2D eigenvalue weighted by molar-refractivity contribution is 0.102. The van der Waals surface area contributed by atoms with Crippen LogP contribution in [0.25, 0.3) is 11.4 Å². The Hall–Kier alpha value is -1.75. The van der Waals surface area contributed by atoms with Crippen molar-refractivity contribution in [1.82, 2.24) is 10.1 Å². The third-order valence-electron chi connectivity index (χ3n) is 3.90. The summed E-state index contributed by atoms with van der Waals surface area (Å²) in [6.07, 6.45) is 4.48. The molecule has 1 aromatic carbocycles. The van der Waals surface area contributed by atoms with E-state index in [9.17, 15) is 9.50 Å². The highest BCUT2D eigenvalue weighted by atomic mass is 19.1. The first-order valence-corrected chi connectivity index (χ1v) is 6.99. The van der Waals surface area contributed by atoms with Crippen LogP contribution in [0.5, 0.6) is 0 Å². The number of hydrogen-bond donors (Lipinski definition) is 1. The van der Waals surface area contributed by atoms with Gasteiger partial charge in [0.1, 0.15) is 5.82 Å². The number of rotatable bonds is 4. The average molecular weight is 276 g/mol. The highest BCUT2D eigenvalue weighted by Gasteiger charge is 2.25. The van der Waals surface area contributed by atoms with Crippen LogP contribution in [-0.4, -0.2) is 21.4 Å². The van der Waals surface area contributed by atoms with E-state index in [1.54, 1.807) is 12.1 Å². The van der Waals surface area contributed by atoms with Gasteiger partial charge in [0.15, 0.2) is 0 Å². The maximum absolute atomic E-state index is 12.9. The Labute approximate surface area is 116 Å². The molecule has 1 atom stereocenters. The zero-order valence-corrected chi connectivity index (χ0v) is 11.1. The summed E-state index contributed by atoms with van der Waals surface area (Å²) >= 11 is 0. The summed E-state index contributed by atoms with van der Waals surface area (Å²) in [6, 6.07) is 5.94. The van der Waals surface area contributed by atoms with Crippen molar-refractivity contribution in [3.8, 4) is 11.4 Å². The van der Waals surface area contributed by atoms with Gasteiger partial charge in [-0.15, -0.1) is 0 Å². The second-order valence-corrected chi connectivity index (χ2v) is 5.33. The summed E-state index contributed by atoms with van der Waals surface area (Å²) in [5.74, 6) is 0.910. The number of hydrogen-bond acceptors (Lipinski definition) is 4. The molecule has 20 heavy (non-hydrogen) atoms. The van der Waals surface area contributed by atoms with Gasteiger partial charge >= 0.3 is 0 Å². The first kappa shape index (κ1) is 13.2. The first-order chi connectivity index (χ1) is 9.72. The van der Waals surface area contributed by atoms with Gasteiger partial charge in [0.25, 0.3) is 0 Å². The van der Waals surface area contributed by atoms with Crippen LogP contribution in [0.1, 0.15) is 31.6 Å². The fraction of sp³-hybridized carbons (Fsp3) is 0.467. The molecule has 0 amide bonds. The molecule has 3 rings (SSSR count). The zero-order valence-electron chi connectivity index (χ0n) is 11.1. The Morgan fingerprint density at radius 3 is 2.65 bits per heavy atom. The molecule has 1 aliphatic rings. The van der Waals surface area contributed by atoms with Crippen molar-refractivity contribution in [3.63, 3.8) is 0 Å². The van der Waals surface area contributed by atoms with E-state index in [1.165, 1.54) is 25.0 Å². The second-order valence-electron chi connectivity index (χ2n) is 5.33. The van der Waals surface area contributed by atoms with E-state index < -0.39 is 6.10 Å². The minimum Gasteiger partial charge on any atom is -0.392 e. The van der Waals surface area contributed by atoms with E-state index in [1.807, 2.05) is 0 Å². The lowest BCUT2D eigenvalue weighted by Crippen LogP contribution is -2.20. The molecule has 106 valence electrons. The van der Waals surface area contributed by atoms with Crippen molar-refractivity contribution in [1.29, 1.82) is 0 Å². The Morgan fingerprint density at radius 2 is 1.95 bits per heavy atom. The molecule has 1 saturated carbocycles. The highest BCUT2D eigenvalue weighted by Crippen LogP contribution is 2.29. The maximum Gasteiger partial charge on any atom is 0.229 e. The van der Waals surface area contributed by atoms with Gasteiger partial charge in [-0.25, -0.2) is 4.39 Å². The lowest BCUT2D eigenvalue weighted by Gasteiger charge is -2.14. The number of nitrogens with zero attached hydrogens (tertiary/aromatic N) is 2. The highest BCUT2D eigenvalue weighted by molar-refractivity contribution is 5.53. The van der Waals surface area contributed by atoms with Crippen molar-refractivity contribution in [2.24, 2.45) is 5.92 Å². The summed E-state index contributed by atoms with van der Waals surface area (Å²) in [5.41, 5.74) is 0.705. The van der Waals surface area contributed by atoms with Crippen LogP contribution < -0.4 is 0 Å². The molecule has 1 aliphatic carbocycles. The predicted molar refractivity (Wildman–Crippen MR) is 71.4 cm³/mol. The first-order valence-electron chi connectivity index (χ1n) is 6.99. The van der Waals surface area contributed by atoms with E-state index in [0.29, 0.717) is 29.6 Å². The fourth-order valence-electron chi connectivity index (χ4n) is 2.74. The van der Waals surface area contributed by atoms with Gasteiger partial charge in [0.05, 0.1) is 12.5 Å². The third kappa shape index (κ3) is 2.88. The molecular formula is C15H17FN2O2. The van der Waals surface area contributed by atoms with E-state index in [-0.39, 0.29) is 5.82 Å². The van der Waals surface area contributed by atoms with Gasteiger partial charge in [0.2, 0.25) is 11.7 Å². The largest absolute Gasteiger partial charge is 0.392 e. The van der Waals surface area contributed by atoms with E-state index in [0.717, 1.165) is 12.8 Å². The average Bonchev–Trinajstić information content (AvgIpc) is 3.10. The van der Waals surface area contributed by atoms with Crippen molar-refractivity contribution in [3.05, 3.63) is 36.0 Å². The van der Waals surface area contributed by atoms with Gasteiger partial charge in [-0.2, -0.15) is 4.98 Å². The van der Waals surface area contributed by atoms with E-state index >= 15 is 0 Å². The van der Waals surface area contributed by atoms with Crippen molar-refractivity contribution in [2.45, 2.75) is 38.2 Å². The predicted octanol–water partition coefficient (Wildman–Crippen LogP) is 2.97. The molecule has 4 nitrogen and oxygen atoms in total. The number of aliphatic hydroxyl groups is 1. The van der Waals surface area contributed by atoms with E-state index in [4.69, 9.17) is 4.52 Å². The number of aromatic nitrogens is 2. The molecule has 1 heterocycles. The second kappa shape index (κ2) is 5.71. The Bertz CT molecular complexity index is 562. The monoisotopic (exact) mass is 276 g/mol. The molecule has 0 bridgehead atoms. The Kier molecular flexibility index (Phi) is 3.78. The molecule has 0 spiro atoms. The normalized spacial score (nSPS) is 17.5. The van der Waals surface area contributed by atoms with Crippen molar-refractivity contribution in [2.75, 3.05) is 0 Å². The molecule has 1 N–H and O–H groups in total. The van der Waals surface area contributed by atoms with Gasteiger partial charge in [-0.05, 0) is 43.0 Å². The van der Waals surface area contributed by atoms with Crippen LogP contribution in [-0.2, 0) is 6.42 Å². The van der Waals surface area contributed by atoms with Crippen LogP contribution in [0.4, 0.5) is 4.39 Å². The molecule has 0 saturated heterocycles. The SMILES string of the molecule is OC(Cc1nc(-c2ccc(F)cc2)no1)C1CCCC1. The molecule has 2 aromatic rings. The summed E-state index contributed by atoms with van der Waals surface area (Å²) < 4.78 is 18.0. The van der Waals surface area contributed by atoms with Gasteiger partial charge in [-0.3, -0.25) is 0 Å². The molecule has 1 fully saturated rings. The van der Waals surface area contributed by atoms with Crippen LogP contribution in [0.3, 0.4) is 0 Å². The summed E-state index contributed by atoms with van der Waals surface area (Å²) in [4.78, 5) is 4.26. The number of halogens is 1. The molecule has 0 radical (unpaired) electrons. The lowest BCUT2D eigenvalue weighted by atomic mass is 9.98. The third-order valence-corrected chi connectivity index (χ3v) is 3.90. The number of benzene rings is 1. The smallest absolute Gasteiger partial charge is 0.229 e. The quantitative estimate of drug-likeness (QED) is 0.932. The van der Waals surface area contributed by atoms with Gasteiger partial charge in [-0.1, -0.05) is 18.0 Å². The van der Waals surface area contributed by atoms with Crippen molar-refractivity contribution >= 4 is 0 Å². The van der Waals surface area contributed by atoms with Gasteiger partial charge in [0, 0.05) is 5.56 Å². The van der Waals surface area contributed by atoms with Crippen LogP contribution in [0, 0.1) is 11.7 Å². The van der Waals surface area contributed by atoms with Crippen LogP contribution >= 0.6 is 0 Å². The molecule has 1 aromatic heterocycles. The minimum atomic E-state index is -0.418. The maximum atomic E-state index is 12.9. The minimum absolute atomic E-state index is 0.297. The topological polar surface area (TPSA) is 59.2 Å². The van der Waals surface area contributed by atoms with Crippen LogP contribution in [0.2, 0.25) is 0 Å². The summed E-state index contributed by atoms with van der Waals surface area (Å²) in [7, 11) is 0. The van der Waals surface area contributed by atoms with E-state index in [2.05, 4.69) is 10.1 Å². The fourth-order valence-corrected chi connectivity index (χ4v) is 2.74. The Balaban J connectivity index is 1.68. The summed E-state index contributed by atoms with van der Waals surface area (Å²) in [5, 5.41) is 14.0. The molecular weight excluding hydrogens is 259 g/mol. The number of aliphatic hydroxyl groups excluding tert-OH is 1. The van der Waals surface area contributed by atoms with Crippen molar-refractivity contribution < 1.29 is 14.0 Å². The molecule has 5 heteroatoms. The van der Waals surface area contributed by atoms with Gasteiger partial charge < -0.3 is 9.63 Å². The molecule has 1 unspecified atom stereocenters. The molecule has 0 aliphatic heterocycles. The zero-order chi connectivity index (χ0) is 13.9. The summed E-state index contributed by atoms with van der Waals surface area (Å²) in [6.45, 7) is 0. The standard InChI is InChI=1S/C15H17FN2O2/c16-12-7-5-11(6-8-12)15-17-14(20-18-15)9-13(19)10-3-1-2-4-10/h5-8,10,13,19H,1-4,9H2. The Morgan fingerprint density at radius 1 is 1.25 bits per heavy atom. The van der Waals surface area contributed by atoms with Crippen LogP contribution in [0.15, 0.2) is 28.8 Å².